The number of hydrogen-bond acceptors (Lipinski definition) is 9. The lowest BCUT2D eigenvalue weighted by Crippen LogP contribution is -2.59. The monoisotopic (exact) mass is 661 g/mol. The van der Waals surface area contributed by atoms with Crippen molar-refractivity contribution in [1.29, 1.82) is 0 Å². The molecule has 2 aliphatic rings. The lowest BCUT2D eigenvalue weighted by molar-refractivity contribution is -0.228. The molecule has 7 atom stereocenters. The fourth-order valence-electron chi connectivity index (χ4n) is 6.53. The van der Waals surface area contributed by atoms with Crippen LogP contribution in [0.25, 0.3) is 0 Å². The second-order valence-electron chi connectivity index (χ2n) is 13.3. The van der Waals surface area contributed by atoms with Gasteiger partial charge < -0.3 is 39.5 Å². The summed E-state index contributed by atoms with van der Waals surface area (Å²) in [5.74, 6) is -0.163. The number of aryl methyl sites for hydroxylation is 2. The van der Waals surface area contributed by atoms with Gasteiger partial charge in [-0.15, -0.1) is 0 Å². The number of anilines is 1. The molecule has 10 heteroatoms. The first kappa shape index (κ1) is 35.5. The summed E-state index contributed by atoms with van der Waals surface area (Å²) in [4.78, 5) is 27.8. The van der Waals surface area contributed by atoms with Gasteiger partial charge in [0.1, 0.15) is 30.2 Å². The smallest absolute Gasteiger partial charge is 0.349 e. The molecule has 0 spiro atoms. The van der Waals surface area contributed by atoms with Gasteiger partial charge in [0.05, 0.1) is 31.3 Å². The number of rotatable bonds is 13. The first-order chi connectivity index (χ1) is 22.9. The molecule has 2 heterocycles. The van der Waals surface area contributed by atoms with Crippen molar-refractivity contribution in [2.75, 3.05) is 18.1 Å². The number of carbonyl (C=O) groups is 2. The van der Waals surface area contributed by atoms with E-state index in [1.807, 2.05) is 36.4 Å². The van der Waals surface area contributed by atoms with Crippen LogP contribution in [0.15, 0.2) is 72.8 Å². The summed E-state index contributed by atoms with van der Waals surface area (Å²) in [6.07, 6.45) is -3.20. The first-order valence-electron chi connectivity index (χ1n) is 16.7. The zero-order valence-electron chi connectivity index (χ0n) is 28.0. The Balaban J connectivity index is 1.33. The molecule has 5 rings (SSSR count). The molecule has 2 saturated heterocycles. The van der Waals surface area contributed by atoms with Crippen molar-refractivity contribution in [2.24, 2.45) is 5.92 Å². The van der Waals surface area contributed by atoms with Crippen LogP contribution in [0.5, 0.6) is 5.75 Å². The number of carbonyl (C=O) groups excluding carboxylic acids is 2. The van der Waals surface area contributed by atoms with Crippen molar-refractivity contribution in [1.82, 2.24) is 0 Å². The van der Waals surface area contributed by atoms with Crippen LogP contribution >= 0.6 is 0 Å². The van der Waals surface area contributed by atoms with Crippen LogP contribution in [-0.4, -0.2) is 81.6 Å². The van der Waals surface area contributed by atoms with E-state index >= 15 is 0 Å². The number of nitrogens with zero attached hydrogens (tertiary/aromatic N) is 1. The molecule has 0 aromatic heterocycles. The number of aliphatic hydroxyl groups excluding tert-OH is 4. The maximum Gasteiger partial charge on any atom is 0.349 e. The van der Waals surface area contributed by atoms with Crippen molar-refractivity contribution in [3.05, 3.63) is 95.1 Å². The van der Waals surface area contributed by atoms with Crippen LogP contribution in [0.1, 0.15) is 61.9 Å². The van der Waals surface area contributed by atoms with Crippen LogP contribution in [0.4, 0.5) is 5.69 Å². The molecule has 258 valence electrons. The van der Waals surface area contributed by atoms with E-state index < -0.39 is 48.7 Å². The minimum atomic E-state index is -1.43. The predicted molar refractivity (Wildman–Crippen MR) is 180 cm³/mol. The standard InChI is InChI=1S/C38H47NO9/c1-5-46-37(45)38(3,4)48-28-19-17-27(18-20-28)39-32(29(36(39)44)8-6-7-24-11-9-23(2)10-12-24)26-15-13-25(14-16-26)21-30-33(41)35(43)34(42)31(22-40)47-30/h9-20,29-35,40-43H,5-8,21-22H2,1-4H3/t29-,30+,31-,32-,33+,34-,35-/m1/s1. The van der Waals surface area contributed by atoms with Gasteiger partial charge >= 0.3 is 5.97 Å². The fourth-order valence-corrected chi connectivity index (χ4v) is 6.53. The van der Waals surface area contributed by atoms with E-state index in [1.54, 1.807) is 37.8 Å². The average Bonchev–Trinajstić information content (AvgIpc) is 3.07. The molecular formula is C38H47NO9. The Labute approximate surface area is 281 Å². The summed E-state index contributed by atoms with van der Waals surface area (Å²) in [5.41, 5.74) is 3.77. The number of benzene rings is 3. The van der Waals surface area contributed by atoms with Gasteiger partial charge in [-0.05, 0) is 87.9 Å². The average molecular weight is 662 g/mol. The Morgan fingerprint density at radius 1 is 0.875 bits per heavy atom. The van der Waals surface area contributed by atoms with E-state index in [1.165, 1.54) is 11.1 Å². The summed E-state index contributed by atoms with van der Waals surface area (Å²) in [7, 11) is 0. The molecule has 10 nitrogen and oxygen atoms in total. The maximum atomic E-state index is 13.7. The van der Waals surface area contributed by atoms with Crippen molar-refractivity contribution < 1.29 is 44.2 Å². The van der Waals surface area contributed by atoms with Crippen molar-refractivity contribution in [3.8, 4) is 5.75 Å². The Bertz CT molecular complexity index is 1520. The van der Waals surface area contributed by atoms with E-state index in [2.05, 4.69) is 31.2 Å². The third kappa shape index (κ3) is 7.74. The molecule has 4 N–H and O–H groups in total. The van der Waals surface area contributed by atoms with Gasteiger partial charge in [-0.1, -0.05) is 54.1 Å². The molecule has 3 aromatic rings. The number of hydrogen-bond donors (Lipinski definition) is 4. The summed E-state index contributed by atoms with van der Waals surface area (Å²) in [6.45, 7) is 6.88. The van der Waals surface area contributed by atoms with E-state index in [0.717, 1.165) is 30.4 Å². The van der Waals surface area contributed by atoms with Crippen LogP contribution in [0.2, 0.25) is 0 Å². The predicted octanol–water partition coefficient (Wildman–Crippen LogP) is 3.83. The lowest BCUT2D eigenvalue weighted by atomic mass is 9.78. The molecule has 0 bridgehead atoms. The normalized spacial score (nSPS) is 25.8. The number of aliphatic hydroxyl groups is 4. The van der Waals surface area contributed by atoms with E-state index in [-0.39, 0.29) is 30.9 Å². The van der Waals surface area contributed by atoms with Gasteiger partial charge in [0.25, 0.3) is 0 Å². The summed E-state index contributed by atoms with van der Waals surface area (Å²) >= 11 is 0. The quantitative estimate of drug-likeness (QED) is 0.159. The molecule has 2 aliphatic heterocycles. The molecule has 0 unspecified atom stereocenters. The van der Waals surface area contributed by atoms with Crippen molar-refractivity contribution >= 4 is 17.6 Å². The highest BCUT2D eigenvalue weighted by Crippen LogP contribution is 2.46. The molecule has 0 radical (unpaired) electrons. The van der Waals surface area contributed by atoms with E-state index in [0.29, 0.717) is 11.4 Å². The molecule has 2 fully saturated rings. The molecule has 48 heavy (non-hydrogen) atoms. The van der Waals surface area contributed by atoms with Gasteiger partial charge in [0.2, 0.25) is 5.91 Å². The maximum absolute atomic E-state index is 13.7. The Hall–Kier alpha value is -3.80. The summed E-state index contributed by atoms with van der Waals surface area (Å²) < 4.78 is 16.8. The number of β-lactam (4-membered cyclic amide) rings is 1. The zero-order chi connectivity index (χ0) is 34.6. The number of amides is 1. The Morgan fingerprint density at radius 3 is 2.12 bits per heavy atom. The molecule has 3 aromatic carbocycles. The van der Waals surface area contributed by atoms with E-state index in [9.17, 15) is 30.0 Å². The third-order valence-electron chi connectivity index (χ3n) is 9.32. The van der Waals surface area contributed by atoms with Gasteiger partial charge in [0, 0.05) is 12.1 Å². The molecule has 0 aliphatic carbocycles. The highest BCUT2D eigenvalue weighted by atomic mass is 16.6. The SMILES string of the molecule is CCOC(=O)C(C)(C)Oc1ccc(N2C(=O)[C@H](CCCc3ccc(C)cc3)[C@H]2c2ccc(C[C@@H]3O[C@H](CO)[C@@H](O)[C@H](O)[C@H]3O)cc2)cc1. The molecular weight excluding hydrogens is 614 g/mol. The minimum absolute atomic E-state index is 0.0369. The second-order valence-corrected chi connectivity index (χ2v) is 13.3. The topological polar surface area (TPSA) is 146 Å². The van der Waals surface area contributed by atoms with Gasteiger partial charge in [-0.3, -0.25) is 4.79 Å². The largest absolute Gasteiger partial charge is 0.476 e. The van der Waals surface area contributed by atoms with Crippen LogP contribution in [-0.2, 0) is 31.9 Å². The van der Waals surface area contributed by atoms with E-state index in [4.69, 9.17) is 14.2 Å². The lowest BCUT2D eigenvalue weighted by Gasteiger charge is -2.48. The van der Waals surface area contributed by atoms with Crippen LogP contribution in [0.3, 0.4) is 0 Å². The number of ether oxygens (including phenoxy) is 3. The summed E-state index contributed by atoms with van der Waals surface area (Å²) in [5, 5.41) is 40.4. The van der Waals surface area contributed by atoms with Crippen molar-refractivity contribution in [3.63, 3.8) is 0 Å². The van der Waals surface area contributed by atoms with Gasteiger partial charge in [-0.2, -0.15) is 0 Å². The fraction of sp³-hybridized carbons (Fsp3) is 0.474. The highest BCUT2D eigenvalue weighted by Gasteiger charge is 2.48. The second kappa shape index (κ2) is 15.2. The van der Waals surface area contributed by atoms with Crippen molar-refractivity contribution in [2.45, 2.75) is 95.5 Å². The Kier molecular flexibility index (Phi) is 11.2. The third-order valence-corrected chi connectivity index (χ3v) is 9.32. The highest BCUT2D eigenvalue weighted by molar-refractivity contribution is 6.03. The Morgan fingerprint density at radius 2 is 1.50 bits per heavy atom. The zero-order valence-corrected chi connectivity index (χ0v) is 28.0. The van der Waals surface area contributed by atoms with Gasteiger partial charge in [-0.25, -0.2) is 4.79 Å². The molecule has 1 amide bonds. The van der Waals surface area contributed by atoms with Gasteiger partial charge in [0.15, 0.2) is 5.60 Å². The van der Waals surface area contributed by atoms with Crippen LogP contribution in [0, 0.1) is 12.8 Å². The van der Waals surface area contributed by atoms with Crippen LogP contribution < -0.4 is 9.64 Å². The minimum Gasteiger partial charge on any atom is -0.476 e. The first-order valence-corrected chi connectivity index (χ1v) is 16.7. The number of esters is 1. The molecule has 0 saturated carbocycles. The summed E-state index contributed by atoms with van der Waals surface area (Å²) in [6, 6.07) is 23.1.